The Hall–Kier alpha value is -0.610. The van der Waals surface area contributed by atoms with Gasteiger partial charge in [0.05, 0.1) is 12.6 Å². The van der Waals surface area contributed by atoms with Crippen LogP contribution in [0, 0.1) is 0 Å². The number of aliphatic hydroxyl groups is 1. The molecule has 2 N–H and O–H groups in total. The molecule has 4 heteroatoms. The first-order valence-corrected chi connectivity index (χ1v) is 7.51. The van der Waals surface area contributed by atoms with E-state index in [1.54, 1.807) is 0 Å². The Labute approximate surface area is 118 Å². The Morgan fingerprint density at radius 1 is 1.26 bits per heavy atom. The molecule has 0 aromatic carbocycles. The largest absolute Gasteiger partial charge is 0.395 e. The van der Waals surface area contributed by atoms with E-state index in [0.29, 0.717) is 12.6 Å². The van der Waals surface area contributed by atoms with Gasteiger partial charge >= 0.3 is 0 Å². The number of carbonyl (C=O) groups is 1. The number of rotatable bonds is 9. The number of carbonyl (C=O) groups excluding carboxylic acids is 1. The van der Waals surface area contributed by atoms with E-state index in [0.717, 1.165) is 19.3 Å². The summed E-state index contributed by atoms with van der Waals surface area (Å²) in [6.45, 7) is 12.9. The molecule has 0 fully saturated rings. The van der Waals surface area contributed by atoms with Crippen LogP contribution in [-0.4, -0.2) is 46.7 Å². The van der Waals surface area contributed by atoms with Gasteiger partial charge in [0.2, 0.25) is 5.91 Å². The molecule has 0 aliphatic rings. The van der Waals surface area contributed by atoms with Gasteiger partial charge in [-0.05, 0) is 40.0 Å². The van der Waals surface area contributed by atoms with Crippen LogP contribution in [0.2, 0.25) is 0 Å². The van der Waals surface area contributed by atoms with Crippen molar-refractivity contribution in [1.82, 2.24) is 10.2 Å². The maximum absolute atomic E-state index is 12.3. The van der Waals surface area contributed by atoms with Gasteiger partial charge in [0, 0.05) is 18.1 Å². The summed E-state index contributed by atoms with van der Waals surface area (Å²) in [5.41, 5.74) is -0.176. The molecule has 114 valence electrons. The second-order valence-electron chi connectivity index (χ2n) is 5.83. The first-order chi connectivity index (χ1) is 8.82. The molecule has 19 heavy (non-hydrogen) atoms. The molecule has 0 saturated carbocycles. The van der Waals surface area contributed by atoms with E-state index in [1.807, 2.05) is 20.8 Å². The highest BCUT2D eigenvalue weighted by atomic mass is 16.3. The zero-order valence-electron chi connectivity index (χ0n) is 13.5. The van der Waals surface area contributed by atoms with Crippen molar-refractivity contribution in [1.29, 1.82) is 0 Å². The summed E-state index contributed by atoms with van der Waals surface area (Å²) in [5, 5.41) is 12.3. The summed E-state index contributed by atoms with van der Waals surface area (Å²) in [6, 6.07) is 0.139. The third kappa shape index (κ3) is 5.91. The number of amides is 1. The van der Waals surface area contributed by atoms with Crippen molar-refractivity contribution in [3.05, 3.63) is 0 Å². The van der Waals surface area contributed by atoms with E-state index in [4.69, 9.17) is 0 Å². The number of hydrogen-bond acceptors (Lipinski definition) is 3. The van der Waals surface area contributed by atoms with Crippen LogP contribution < -0.4 is 5.32 Å². The van der Waals surface area contributed by atoms with Crippen LogP contribution in [0.5, 0.6) is 0 Å². The normalized spacial score (nSPS) is 13.9. The fraction of sp³-hybridized carbons (Fsp3) is 0.933. The third-order valence-electron chi connectivity index (χ3n) is 3.99. The Morgan fingerprint density at radius 2 is 1.79 bits per heavy atom. The zero-order chi connectivity index (χ0) is 15.1. The summed E-state index contributed by atoms with van der Waals surface area (Å²) in [5.74, 6) is 0.0483. The average molecular weight is 272 g/mol. The lowest BCUT2D eigenvalue weighted by molar-refractivity contribution is -0.128. The minimum Gasteiger partial charge on any atom is -0.395 e. The Morgan fingerprint density at radius 3 is 2.16 bits per heavy atom. The zero-order valence-corrected chi connectivity index (χ0v) is 13.5. The highest BCUT2D eigenvalue weighted by Gasteiger charge is 2.28. The lowest BCUT2D eigenvalue weighted by Gasteiger charge is -2.36. The lowest BCUT2D eigenvalue weighted by Crippen LogP contribution is -2.54. The molecule has 0 aliphatic carbocycles. The Bertz CT molecular complexity index is 263. The van der Waals surface area contributed by atoms with Gasteiger partial charge in [0.25, 0.3) is 0 Å². The molecule has 1 amide bonds. The molecule has 0 saturated heterocycles. The topological polar surface area (TPSA) is 52.6 Å². The van der Waals surface area contributed by atoms with Crippen molar-refractivity contribution < 1.29 is 9.90 Å². The van der Waals surface area contributed by atoms with E-state index in [2.05, 4.69) is 31.0 Å². The Balaban J connectivity index is 4.79. The lowest BCUT2D eigenvalue weighted by atomic mass is 10.0. The Kier molecular flexibility index (Phi) is 8.26. The predicted molar refractivity (Wildman–Crippen MR) is 80.1 cm³/mol. The molecule has 0 bridgehead atoms. The van der Waals surface area contributed by atoms with Crippen molar-refractivity contribution in [3.8, 4) is 0 Å². The standard InChI is InChI=1S/C15H32N2O2/c1-7-13(8-2)17(10-11-18)12(4)14(19)16-15(5,6)9-3/h12-13,18H,7-11H2,1-6H3,(H,16,19). The highest BCUT2D eigenvalue weighted by molar-refractivity contribution is 5.82. The fourth-order valence-corrected chi connectivity index (χ4v) is 2.24. The van der Waals surface area contributed by atoms with Crippen molar-refractivity contribution in [3.63, 3.8) is 0 Å². The molecule has 0 aliphatic heterocycles. The number of hydrogen-bond donors (Lipinski definition) is 2. The minimum atomic E-state index is -0.206. The van der Waals surface area contributed by atoms with Crippen LogP contribution in [0.3, 0.4) is 0 Å². The number of nitrogens with zero attached hydrogens (tertiary/aromatic N) is 1. The smallest absolute Gasteiger partial charge is 0.237 e. The van der Waals surface area contributed by atoms with Crippen molar-refractivity contribution in [2.24, 2.45) is 0 Å². The molecular weight excluding hydrogens is 240 g/mol. The first kappa shape index (κ1) is 18.4. The summed E-state index contributed by atoms with van der Waals surface area (Å²) in [7, 11) is 0. The molecule has 0 aromatic heterocycles. The van der Waals surface area contributed by atoms with Crippen molar-refractivity contribution >= 4 is 5.91 Å². The minimum absolute atomic E-state index is 0.0483. The quantitative estimate of drug-likeness (QED) is 0.676. The van der Waals surface area contributed by atoms with Gasteiger partial charge in [0.1, 0.15) is 0 Å². The van der Waals surface area contributed by atoms with Crippen LogP contribution in [0.15, 0.2) is 0 Å². The van der Waals surface area contributed by atoms with Gasteiger partial charge in [-0.1, -0.05) is 20.8 Å². The summed E-state index contributed by atoms with van der Waals surface area (Å²) >= 11 is 0. The van der Waals surface area contributed by atoms with Crippen molar-refractivity contribution in [2.75, 3.05) is 13.2 Å². The van der Waals surface area contributed by atoms with E-state index < -0.39 is 0 Å². The number of aliphatic hydroxyl groups excluding tert-OH is 1. The van der Waals surface area contributed by atoms with Crippen LogP contribution >= 0.6 is 0 Å². The first-order valence-electron chi connectivity index (χ1n) is 7.51. The van der Waals surface area contributed by atoms with Gasteiger partial charge in [-0.15, -0.1) is 0 Å². The van der Waals surface area contributed by atoms with Crippen LogP contribution in [0.25, 0.3) is 0 Å². The average Bonchev–Trinajstić information content (AvgIpc) is 2.37. The fourth-order valence-electron chi connectivity index (χ4n) is 2.24. The molecule has 0 radical (unpaired) electrons. The predicted octanol–water partition coefficient (Wildman–Crippen LogP) is 2.16. The maximum Gasteiger partial charge on any atom is 0.237 e. The summed E-state index contributed by atoms with van der Waals surface area (Å²) in [6.07, 6.45) is 2.88. The molecule has 0 aromatic rings. The van der Waals surface area contributed by atoms with E-state index in [1.165, 1.54) is 0 Å². The molecule has 1 atom stereocenters. The van der Waals surface area contributed by atoms with E-state index >= 15 is 0 Å². The third-order valence-corrected chi connectivity index (χ3v) is 3.99. The molecular formula is C15H32N2O2. The molecule has 0 rings (SSSR count). The van der Waals surface area contributed by atoms with E-state index in [-0.39, 0.29) is 24.1 Å². The summed E-state index contributed by atoms with van der Waals surface area (Å²) in [4.78, 5) is 14.4. The van der Waals surface area contributed by atoms with E-state index in [9.17, 15) is 9.90 Å². The second kappa shape index (κ2) is 8.54. The van der Waals surface area contributed by atoms with Crippen LogP contribution in [-0.2, 0) is 4.79 Å². The summed E-state index contributed by atoms with van der Waals surface area (Å²) < 4.78 is 0. The molecule has 4 nitrogen and oxygen atoms in total. The van der Waals surface area contributed by atoms with Crippen molar-refractivity contribution in [2.45, 2.75) is 78.4 Å². The van der Waals surface area contributed by atoms with Gasteiger partial charge in [-0.25, -0.2) is 0 Å². The SMILES string of the molecule is CCC(CC)N(CCO)C(C)C(=O)NC(C)(C)CC. The molecule has 1 unspecified atom stereocenters. The maximum atomic E-state index is 12.3. The molecule has 0 heterocycles. The number of nitrogens with one attached hydrogen (secondary N) is 1. The van der Waals surface area contributed by atoms with Gasteiger partial charge in [-0.2, -0.15) is 0 Å². The molecule has 0 spiro atoms. The second-order valence-corrected chi connectivity index (χ2v) is 5.83. The van der Waals surface area contributed by atoms with Crippen LogP contribution in [0.4, 0.5) is 0 Å². The van der Waals surface area contributed by atoms with Gasteiger partial charge in [0.15, 0.2) is 0 Å². The van der Waals surface area contributed by atoms with Gasteiger partial charge < -0.3 is 10.4 Å². The van der Waals surface area contributed by atoms with Crippen LogP contribution in [0.1, 0.15) is 60.8 Å². The monoisotopic (exact) mass is 272 g/mol. The van der Waals surface area contributed by atoms with Gasteiger partial charge in [-0.3, -0.25) is 9.69 Å². The highest BCUT2D eigenvalue weighted by Crippen LogP contribution is 2.14.